The molecule has 116 valence electrons. The number of nitrogens with one attached hydrogen (secondary N) is 1. The molecule has 0 aliphatic heterocycles. The second-order valence-corrected chi connectivity index (χ2v) is 5.59. The van der Waals surface area contributed by atoms with E-state index in [4.69, 9.17) is 5.73 Å². The van der Waals surface area contributed by atoms with Crippen LogP contribution in [0.1, 0.15) is 30.9 Å². The Kier molecular flexibility index (Phi) is 5.42. The van der Waals surface area contributed by atoms with Gasteiger partial charge in [0.05, 0.1) is 0 Å². The van der Waals surface area contributed by atoms with E-state index in [-0.39, 0.29) is 5.75 Å². The molecule has 2 rings (SSSR count). The zero-order valence-electron chi connectivity index (χ0n) is 13.1. The van der Waals surface area contributed by atoms with Gasteiger partial charge in [-0.1, -0.05) is 38.1 Å². The molecule has 2 aromatic rings. The van der Waals surface area contributed by atoms with E-state index in [2.05, 4.69) is 36.3 Å². The lowest BCUT2D eigenvalue weighted by Crippen LogP contribution is -2.23. The molecule has 0 heterocycles. The van der Waals surface area contributed by atoms with Crippen LogP contribution >= 0.6 is 0 Å². The van der Waals surface area contributed by atoms with Crippen LogP contribution in [0.25, 0.3) is 0 Å². The van der Waals surface area contributed by atoms with Gasteiger partial charge in [0, 0.05) is 12.2 Å². The molecule has 0 spiro atoms. The number of aliphatic imine (C=N–C) groups is 1. The maximum atomic E-state index is 9.41. The van der Waals surface area contributed by atoms with E-state index >= 15 is 0 Å². The summed E-state index contributed by atoms with van der Waals surface area (Å²) in [6, 6.07) is 15.4. The van der Waals surface area contributed by atoms with E-state index in [1.54, 1.807) is 12.1 Å². The standard InChI is InChI=1S/C18H23N3O/c1-13(2)15-6-4-7-16(12-15)21-18(19)20-10-9-14-5-3-8-17(22)11-14/h3-8,11-13,22H,9-10H2,1-2H3,(H3,19,20,21). The van der Waals surface area contributed by atoms with Crippen molar-refractivity contribution in [3.63, 3.8) is 0 Å². The molecule has 0 unspecified atom stereocenters. The van der Waals surface area contributed by atoms with Crippen LogP contribution in [0.4, 0.5) is 5.69 Å². The average Bonchev–Trinajstić information content (AvgIpc) is 2.47. The van der Waals surface area contributed by atoms with E-state index < -0.39 is 0 Å². The number of rotatable bonds is 5. The highest BCUT2D eigenvalue weighted by Gasteiger charge is 2.01. The smallest absolute Gasteiger partial charge is 0.193 e. The summed E-state index contributed by atoms with van der Waals surface area (Å²) < 4.78 is 0. The fraction of sp³-hybridized carbons (Fsp3) is 0.278. The highest BCUT2D eigenvalue weighted by atomic mass is 16.3. The number of aromatic hydroxyl groups is 1. The molecule has 0 fully saturated rings. The molecular formula is C18H23N3O. The first-order valence-corrected chi connectivity index (χ1v) is 7.49. The lowest BCUT2D eigenvalue weighted by atomic mass is 10.0. The Morgan fingerprint density at radius 3 is 2.68 bits per heavy atom. The summed E-state index contributed by atoms with van der Waals surface area (Å²) in [5.41, 5.74) is 9.17. The Bertz CT molecular complexity index is 650. The fourth-order valence-corrected chi connectivity index (χ4v) is 2.18. The van der Waals surface area contributed by atoms with Gasteiger partial charge in [-0.2, -0.15) is 0 Å². The molecule has 0 atom stereocenters. The summed E-state index contributed by atoms with van der Waals surface area (Å²) in [6.07, 6.45) is 0.739. The van der Waals surface area contributed by atoms with Crippen molar-refractivity contribution >= 4 is 11.6 Å². The molecule has 0 saturated heterocycles. The van der Waals surface area contributed by atoms with E-state index in [0.29, 0.717) is 18.4 Å². The Labute approximate surface area is 131 Å². The number of nitrogens with zero attached hydrogens (tertiary/aromatic N) is 1. The van der Waals surface area contributed by atoms with Gasteiger partial charge in [0.1, 0.15) is 5.75 Å². The SMILES string of the molecule is CC(C)c1cccc(NC(N)=NCCc2cccc(O)c2)c1. The molecule has 0 aliphatic rings. The zero-order valence-corrected chi connectivity index (χ0v) is 13.1. The second-order valence-electron chi connectivity index (χ2n) is 5.59. The van der Waals surface area contributed by atoms with Crippen molar-refractivity contribution in [2.45, 2.75) is 26.2 Å². The van der Waals surface area contributed by atoms with Gasteiger partial charge in [-0.15, -0.1) is 0 Å². The monoisotopic (exact) mass is 297 g/mol. The molecule has 0 radical (unpaired) electrons. The average molecular weight is 297 g/mol. The number of anilines is 1. The molecule has 0 aromatic heterocycles. The Balaban J connectivity index is 1.91. The van der Waals surface area contributed by atoms with Gasteiger partial charge in [0.25, 0.3) is 0 Å². The minimum atomic E-state index is 0.276. The minimum absolute atomic E-state index is 0.276. The molecule has 2 aromatic carbocycles. The summed E-state index contributed by atoms with van der Waals surface area (Å²) in [4.78, 5) is 4.32. The number of hydrogen-bond acceptors (Lipinski definition) is 2. The second kappa shape index (κ2) is 7.50. The number of phenols is 1. The van der Waals surface area contributed by atoms with E-state index in [1.165, 1.54) is 5.56 Å². The third-order valence-electron chi connectivity index (χ3n) is 3.42. The van der Waals surface area contributed by atoms with Crippen molar-refractivity contribution in [1.29, 1.82) is 0 Å². The van der Waals surface area contributed by atoms with Gasteiger partial charge in [0.2, 0.25) is 0 Å². The maximum Gasteiger partial charge on any atom is 0.193 e. The summed E-state index contributed by atoms with van der Waals surface area (Å²) in [7, 11) is 0. The summed E-state index contributed by atoms with van der Waals surface area (Å²) in [5, 5.41) is 12.5. The van der Waals surface area contributed by atoms with Gasteiger partial charge in [0.15, 0.2) is 5.96 Å². The highest BCUT2D eigenvalue weighted by molar-refractivity contribution is 5.92. The largest absolute Gasteiger partial charge is 0.508 e. The number of benzene rings is 2. The van der Waals surface area contributed by atoms with Crippen molar-refractivity contribution in [2.24, 2.45) is 10.7 Å². The quantitative estimate of drug-likeness (QED) is 0.584. The number of guanidine groups is 1. The lowest BCUT2D eigenvalue weighted by Gasteiger charge is -2.10. The van der Waals surface area contributed by atoms with Crippen LogP contribution < -0.4 is 11.1 Å². The first-order chi connectivity index (χ1) is 10.5. The molecule has 4 N–H and O–H groups in total. The van der Waals surface area contributed by atoms with Crippen LogP contribution in [0.5, 0.6) is 5.75 Å². The lowest BCUT2D eigenvalue weighted by molar-refractivity contribution is 0.474. The van der Waals surface area contributed by atoms with E-state index in [0.717, 1.165) is 17.7 Å². The van der Waals surface area contributed by atoms with Crippen LogP contribution in [0, 0.1) is 0 Å². The number of phenolic OH excluding ortho intramolecular Hbond substituents is 1. The summed E-state index contributed by atoms with van der Waals surface area (Å²) in [5.74, 6) is 1.16. The van der Waals surface area contributed by atoms with Crippen LogP contribution in [0.3, 0.4) is 0 Å². The molecule has 0 saturated carbocycles. The Morgan fingerprint density at radius 1 is 1.18 bits per heavy atom. The van der Waals surface area contributed by atoms with Gasteiger partial charge in [-0.3, -0.25) is 4.99 Å². The van der Waals surface area contributed by atoms with E-state index in [1.807, 2.05) is 24.3 Å². The van der Waals surface area contributed by atoms with Gasteiger partial charge < -0.3 is 16.2 Å². The van der Waals surface area contributed by atoms with Crippen LogP contribution in [0.2, 0.25) is 0 Å². The molecule has 22 heavy (non-hydrogen) atoms. The first kappa shape index (κ1) is 15.9. The molecule has 4 heteroatoms. The van der Waals surface area contributed by atoms with Gasteiger partial charge >= 0.3 is 0 Å². The predicted molar refractivity (Wildman–Crippen MR) is 92.5 cm³/mol. The highest BCUT2D eigenvalue weighted by Crippen LogP contribution is 2.18. The van der Waals surface area contributed by atoms with Crippen molar-refractivity contribution in [3.8, 4) is 5.75 Å². The Morgan fingerprint density at radius 2 is 1.95 bits per heavy atom. The number of hydrogen-bond donors (Lipinski definition) is 3. The molecule has 0 aliphatic carbocycles. The Hall–Kier alpha value is -2.49. The molecule has 0 amide bonds. The van der Waals surface area contributed by atoms with Crippen molar-refractivity contribution < 1.29 is 5.11 Å². The van der Waals surface area contributed by atoms with Gasteiger partial charge in [-0.05, 0) is 47.7 Å². The first-order valence-electron chi connectivity index (χ1n) is 7.49. The zero-order chi connectivity index (χ0) is 15.9. The third-order valence-corrected chi connectivity index (χ3v) is 3.42. The summed E-state index contributed by atoms with van der Waals surface area (Å²) in [6.45, 7) is 4.89. The van der Waals surface area contributed by atoms with Crippen LogP contribution in [0.15, 0.2) is 53.5 Å². The number of nitrogens with two attached hydrogens (primary N) is 1. The van der Waals surface area contributed by atoms with Gasteiger partial charge in [-0.25, -0.2) is 0 Å². The normalized spacial score (nSPS) is 11.7. The van der Waals surface area contributed by atoms with E-state index in [9.17, 15) is 5.11 Å². The predicted octanol–water partition coefficient (Wildman–Crippen LogP) is 3.48. The van der Waals surface area contributed by atoms with Crippen LogP contribution in [-0.2, 0) is 6.42 Å². The van der Waals surface area contributed by atoms with Crippen LogP contribution in [-0.4, -0.2) is 17.6 Å². The molecular weight excluding hydrogens is 274 g/mol. The topological polar surface area (TPSA) is 70.6 Å². The van der Waals surface area contributed by atoms with Crippen molar-refractivity contribution in [3.05, 3.63) is 59.7 Å². The maximum absolute atomic E-state index is 9.41. The molecule has 4 nitrogen and oxygen atoms in total. The fourth-order valence-electron chi connectivity index (χ4n) is 2.18. The van der Waals surface area contributed by atoms with Crippen molar-refractivity contribution in [2.75, 3.05) is 11.9 Å². The third kappa shape index (κ3) is 4.81. The van der Waals surface area contributed by atoms with Crippen molar-refractivity contribution in [1.82, 2.24) is 0 Å². The minimum Gasteiger partial charge on any atom is -0.508 e. The summed E-state index contributed by atoms with van der Waals surface area (Å²) >= 11 is 0. The molecule has 0 bridgehead atoms.